The third-order valence-electron chi connectivity index (χ3n) is 2.92. The van der Waals surface area contributed by atoms with Crippen molar-refractivity contribution in [2.45, 2.75) is 15.0 Å². The number of hydrogen-bond acceptors (Lipinski definition) is 3. The molecule has 92 valence electrons. The van der Waals surface area contributed by atoms with Crippen LogP contribution in [0.15, 0.2) is 58.3 Å². The van der Waals surface area contributed by atoms with Gasteiger partial charge in [-0.25, -0.2) is 0 Å². The molecule has 0 atom stereocenters. The van der Waals surface area contributed by atoms with E-state index in [-0.39, 0.29) is 0 Å². The van der Waals surface area contributed by atoms with Crippen molar-refractivity contribution < 1.29 is 13.0 Å². The van der Waals surface area contributed by atoms with E-state index in [1.165, 1.54) is 11.8 Å². The SMILES string of the molecule is O=S(=O)(O)C1c2ccccc2Sc2ccccc21. The molecule has 1 aliphatic heterocycles. The lowest BCUT2D eigenvalue weighted by molar-refractivity contribution is 0.474. The second kappa shape index (κ2) is 4.12. The lowest BCUT2D eigenvalue weighted by Crippen LogP contribution is -2.17. The van der Waals surface area contributed by atoms with Crippen LogP contribution in [-0.2, 0) is 10.1 Å². The molecule has 3 rings (SSSR count). The fourth-order valence-electron chi connectivity index (χ4n) is 2.19. The van der Waals surface area contributed by atoms with Gasteiger partial charge in [0.2, 0.25) is 0 Å². The fourth-order valence-corrected chi connectivity index (χ4v) is 4.53. The van der Waals surface area contributed by atoms with Crippen LogP contribution < -0.4 is 0 Å². The summed E-state index contributed by atoms with van der Waals surface area (Å²) in [7, 11) is -4.17. The molecule has 0 aliphatic carbocycles. The molecule has 18 heavy (non-hydrogen) atoms. The summed E-state index contributed by atoms with van der Waals surface area (Å²) in [5, 5.41) is -0.980. The van der Waals surface area contributed by atoms with Crippen LogP contribution in [0.5, 0.6) is 0 Å². The molecule has 1 heterocycles. The normalized spacial score (nSPS) is 14.9. The Balaban J connectivity index is 2.31. The molecule has 0 spiro atoms. The molecule has 5 heteroatoms. The van der Waals surface area contributed by atoms with Crippen molar-refractivity contribution in [1.82, 2.24) is 0 Å². The molecule has 1 aliphatic rings. The second-order valence-electron chi connectivity index (χ2n) is 4.07. The van der Waals surface area contributed by atoms with Crippen molar-refractivity contribution in [3.05, 3.63) is 59.7 Å². The molecule has 0 saturated carbocycles. The summed E-state index contributed by atoms with van der Waals surface area (Å²) >= 11 is 1.53. The Morgan fingerprint density at radius 2 is 1.33 bits per heavy atom. The largest absolute Gasteiger partial charge is 0.285 e. The van der Waals surface area contributed by atoms with Crippen LogP contribution in [0.4, 0.5) is 0 Å². The summed E-state index contributed by atoms with van der Waals surface area (Å²) in [6.45, 7) is 0. The summed E-state index contributed by atoms with van der Waals surface area (Å²) in [4.78, 5) is 1.75. The van der Waals surface area contributed by atoms with Gasteiger partial charge in [0.25, 0.3) is 10.1 Å². The quantitative estimate of drug-likeness (QED) is 0.814. The fraction of sp³-hybridized carbons (Fsp3) is 0.0769. The molecule has 0 aromatic heterocycles. The van der Waals surface area contributed by atoms with Crippen molar-refractivity contribution in [3.63, 3.8) is 0 Å². The predicted molar refractivity (Wildman–Crippen MR) is 70.4 cm³/mol. The maximum Gasteiger partial charge on any atom is 0.276 e. The molecule has 1 N–H and O–H groups in total. The lowest BCUT2D eigenvalue weighted by Gasteiger charge is -2.25. The van der Waals surface area contributed by atoms with Crippen LogP contribution >= 0.6 is 11.8 Å². The zero-order valence-electron chi connectivity index (χ0n) is 9.28. The highest BCUT2D eigenvalue weighted by atomic mass is 32.2. The minimum absolute atomic E-state index is 0.642. The molecule has 2 aromatic carbocycles. The Hall–Kier alpha value is -1.30. The number of benzene rings is 2. The van der Waals surface area contributed by atoms with Gasteiger partial charge in [-0.3, -0.25) is 4.55 Å². The van der Waals surface area contributed by atoms with E-state index in [0.717, 1.165) is 9.79 Å². The van der Waals surface area contributed by atoms with Gasteiger partial charge >= 0.3 is 0 Å². The maximum absolute atomic E-state index is 11.7. The van der Waals surface area contributed by atoms with E-state index in [1.54, 1.807) is 24.3 Å². The third kappa shape index (κ3) is 1.84. The van der Waals surface area contributed by atoms with Crippen molar-refractivity contribution in [2.24, 2.45) is 0 Å². The Morgan fingerprint density at radius 1 is 0.889 bits per heavy atom. The predicted octanol–water partition coefficient (Wildman–Crippen LogP) is 3.13. The zero-order valence-corrected chi connectivity index (χ0v) is 10.9. The van der Waals surface area contributed by atoms with E-state index < -0.39 is 15.4 Å². The molecule has 2 aromatic rings. The first kappa shape index (κ1) is 11.8. The first-order valence-electron chi connectivity index (χ1n) is 5.39. The van der Waals surface area contributed by atoms with Crippen LogP contribution in [0.3, 0.4) is 0 Å². The van der Waals surface area contributed by atoms with Crippen molar-refractivity contribution in [3.8, 4) is 0 Å². The van der Waals surface area contributed by atoms with E-state index in [9.17, 15) is 13.0 Å². The molecular formula is C13H10O3S2. The monoisotopic (exact) mass is 278 g/mol. The van der Waals surface area contributed by atoms with E-state index in [2.05, 4.69) is 0 Å². The van der Waals surface area contributed by atoms with E-state index in [0.29, 0.717) is 11.1 Å². The topological polar surface area (TPSA) is 54.4 Å². The number of rotatable bonds is 1. The second-order valence-corrected chi connectivity index (χ2v) is 6.66. The lowest BCUT2D eigenvalue weighted by atomic mass is 10.0. The van der Waals surface area contributed by atoms with Gasteiger partial charge in [-0.15, -0.1) is 0 Å². The van der Waals surface area contributed by atoms with E-state index >= 15 is 0 Å². The molecule has 0 unspecified atom stereocenters. The number of fused-ring (bicyclic) bond motifs is 2. The third-order valence-corrected chi connectivity index (χ3v) is 5.21. The molecular weight excluding hydrogens is 268 g/mol. The summed E-state index contributed by atoms with van der Waals surface area (Å²) < 4.78 is 32.8. The molecule has 0 bridgehead atoms. The molecule has 3 nitrogen and oxygen atoms in total. The Kier molecular flexibility index (Phi) is 2.69. The Morgan fingerprint density at radius 3 is 1.78 bits per heavy atom. The van der Waals surface area contributed by atoms with Gasteiger partial charge in [0.15, 0.2) is 0 Å². The van der Waals surface area contributed by atoms with Gasteiger partial charge in [0, 0.05) is 9.79 Å². The molecule has 0 saturated heterocycles. The van der Waals surface area contributed by atoms with Crippen LogP contribution in [0.1, 0.15) is 16.4 Å². The van der Waals surface area contributed by atoms with Gasteiger partial charge < -0.3 is 0 Å². The summed E-state index contributed by atoms with van der Waals surface area (Å²) in [6, 6.07) is 14.5. The summed E-state index contributed by atoms with van der Waals surface area (Å²) in [5.41, 5.74) is 1.28. The number of hydrogen-bond donors (Lipinski definition) is 1. The standard InChI is InChI=1S/C13H10O3S2/c14-18(15,16)13-9-5-1-3-7-11(9)17-12-8-4-2-6-10(12)13/h1-8,13H,(H,14,15,16). The van der Waals surface area contributed by atoms with Gasteiger partial charge in [0.05, 0.1) is 0 Å². The average molecular weight is 278 g/mol. The highest BCUT2D eigenvalue weighted by Gasteiger charge is 2.34. The van der Waals surface area contributed by atoms with Crippen LogP contribution in [0, 0.1) is 0 Å². The average Bonchev–Trinajstić information content (AvgIpc) is 2.34. The van der Waals surface area contributed by atoms with E-state index in [4.69, 9.17) is 0 Å². The molecule has 0 fully saturated rings. The summed E-state index contributed by atoms with van der Waals surface area (Å²) in [6.07, 6.45) is 0. The van der Waals surface area contributed by atoms with Gasteiger partial charge in [0.1, 0.15) is 5.25 Å². The van der Waals surface area contributed by atoms with Crippen LogP contribution in [-0.4, -0.2) is 13.0 Å². The highest BCUT2D eigenvalue weighted by Crippen LogP contribution is 2.47. The van der Waals surface area contributed by atoms with Crippen LogP contribution in [0.25, 0.3) is 0 Å². The molecule has 0 radical (unpaired) electrons. The van der Waals surface area contributed by atoms with Gasteiger partial charge in [-0.2, -0.15) is 8.42 Å². The van der Waals surface area contributed by atoms with Crippen LogP contribution in [0.2, 0.25) is 0 Å². The minimum atomic E-state index is -4.17. The smallest absolute Gasteiger partial charge is 0.276 e. The van der Waals surface area contributed by atoms with Crippen molar-refractivity contribution >= 4 is 21.9 Å². The van der Waals surface area contributed by atoms with Gasteiger partial charge in [-0.05, 0) is 23.3 Å². The first-order chi connectivity index (χ1) is 8.57. The van der Waals surface area contributed by atoms with Crippen molar-refractivity contribution in [1.29, 1.82) is 0 Å². The zero-order chi connectivity index (χ0) is 12.8. The first-order valence-corrected chi connectivity index (χ1v) is 7.71. The summed E-state index contributed by atoms with van der Waals surface area (Å²) in [5.74, 6) is 0. The van der Waals surface area contributed by atoms with Gasteiger partial charge in [-0.1, -0.05) is 48.2 Å². The minimum Gasteiger partial charge on any atom is -0.285 e. The van der Waals surface area contributed by atoms with Crippen molar-refractivity contribution in [2.75, 3.05) is 0 Å². The Bertz CT molecular complexity index is 662. The highest BCUT2D eigenvalue weighted by molar-refractivity contribution is 7.99. The maximum atomic E-state index is 11.7. The molecule has 0 amide bonds. The Labute approximate surface area is 110 Å². The van der Waals surface area contributed by atoms with E-state index in [1.807, 2.05) is 24.3 Å².